The summed E-state index contributed by atoms with van der Waals surface area (Å²) in [5.74, 6) is 1.75. The van der Waals surface area contributed by atoms with Gasteiger partial charge in [0.25, 0.3) is 0 Å². The molecule has 0 spiro atoms. The SMILES string of the molecule is ClCCc1nc2ccccc2n1CCN1CCCC1. The maximum atomic E-state index is 5.90. The van der Waals surface area contributed by atoms with Gasteiger partial charge in [-0.15, -0.1) is 11.6 Å². The number of aromatic nitrogens is 2. The minimum absolute atomic E-state index is 0.632. The maximum absolute atomic E-state index is 5.90. The van der Waals surface area contributed by atoms with Crippen molar-refractivity contribution in [2.75, 3.05) is 25.5 Å². The van der Waals surface area contributed by atoms with E-state index in [1.54, 1.807) is 0 Å². The Labute approximate surface area is 119 Å². The first-order valence-electron chi connectivity index (χ1n) is 7.11. The molecule has 0 unspecified atom stereocenters. The number of rotatable bonds is 5. The summed E-state index contributed by atoms with van der Waals surface area (Å²) in [5.41, 5.74) is 2.32. The second kappa shape index (κ2) is 5.93. The zero-order chi connectivity index (χ0) is 13.1. The number of nitrogens with zero attached hydrogens (tertiary/aromatic N) is 3. The van der Waals surface area contributed by atoms with Crippen molar-refractivity contribution in [1.82, 2.24) is 14.5 Å². The minimum atomic E-state index is 0.632. The Morgan fingerprint density at radius 2 is 1.89 bits per heavy atom. The Kier molecular flexibility index (Phi) is 4.04. The second-order valence-electron chi connectivity index (χ2n) is 5.16. The molecule has 1 saturated heterocycles. The van der Waals surface area contributed by atoms with Gasteiger partial charge >= 0.3 is 0 Å². The van der Waals surface area contributed by atoms with E-state index in [0.717, 1.165) is 30.9 Å². The van der Waals surface area contributed by atoms with Crippen molar-refractivity contribution in [2.24, 2.45) is 0 Å². The van der Waals surface area contributed by atoms with Crippen LogP contribution in [0.2, 0.25) is 0 Å². The molecule has 1 aliphatic rings. The molecule has 1 aromatic carbocycles. The van der Waals surface area contributed by atoms with Gasteiger partial charge in [-0.05, 0) is 38.1 Å². The standard InChI is InChI=1S/C15H20ClN3/c16-8-7-15-17-13-5-1-2-6-14(13)19(15)12-11-18-9-3-4-10-18/h1-2,5-6H,3-4,7-12H2. The molecule has 0 aliphatic carbocycles. The summed E-state index contributed by atoms with van der Waals surface area (Å²) in [7, 11) is 0. The van der Waals surface area contributed by atoms with Crippen LogP contribution < -0.4 is 0 Å². The fourth-order valence-corrected chi connectivity index (χ4v) is 3.07. The van der Waals surface area contributed by atoms with Gasteiger partial charge in [0, 0.05) is 25.4 Å². The maximum Gasteiger partial charge on any atom is 0.111 e. The quantitative estimate of drug-likeness (QED) is 0.784. The van der Waals surface area contributed by atoms with Crippen LogP contribution in [-0.4, -0.2) is 40.0 Å². The Balaban J connectivity index is 1.84. The molecule has 0 N–H and O–H groups in total. The number of hydrogen-bond donors (Lipinski definition) is 0. The predicted molar refractivity (Wildman–Crippen MR) is 79.8 cm³/mol. The average Bonchev–Trinajstić information content (AvgIpc) is 3.04. The molecular weight excluding hydrogens is 258 g/mol. The van der Waals surface area contributed by atoms with Crippen LogP contribution in [0, 0.1) is 0 Å². The number of imidazole rings is 1. The molecule has 0 amide bonds. The highest BCUT2D eigenvalue weighted by molar-refractivity contribution is 6.17. The van der Waals surface area contributed by atoms with Crippen molar-refractivity contribution < 1.29 is 0 Å². The zero-order valence-corrected chi connectivity index (χ0v) is 11.9. The number of likely N-dealkylation sites (tertiary alicyclic amines) is 1. The Bertz CT molecular complexity index is 543. The third-order valence-corrected chi connectivity index (χ3v) is 4.08. The lowest BCUT2D eigenvalue weighted by Crippen LogP contribution is -2.24. The lowest BCUT2D eigenvalue weighted by molar-refractivity contribution is 0.322. The second-order valence-corrected chi connectivity index (χ2v) is 5.53. The van der Waals surface area contributed by atoms with Crippen LogP contribution in [0.4, 0.5) is 0 Å². The smallest absolute Gasteiger partial charge is 0.111 e. The molecule has 2 aromatic rings. The fraction of sp³-hybridized carbons (Fsp3) is 0.533. The van der Waals surface area contributed by atoms with E-state index in [2.05, 4.69) is 27.7 Å². The highest BCUT2D eigenvalue weighted by Crippen LogP contribution is 2.17. The lowest BCUT2D eigenvalue weighted by atomic mass is 10.3. The van der Waals surface area contributed by atoms with E-state index in [1.807, 2.05) is 6.07 Å². The zero-order valence-electron chi connectivity index (χ0n) is 11.2. The van der Waals surface area contributed by atoms with E-state index in [1.165, 1.54) is 31.4 Å². The van der Waals surface area contributed by atoms with E-state index >= 15 is 0 Å². The number of alkyl halides is 1. The first-order valence-corrected chi connectivity index (χ1v) is 7.64. The third kappa shape index (κ3) is 2.77. The lowest BCUT2D eigenvalue weighted by Gasteiger charge is -2.16. The molecule has 0 atom stereocenters. The van der Waals surface area contributed by atoms with Crippen LogP contribution in [0.5, 0.6) is 0 Å². The summed E-state index contributed by atoms with van der Waals surface area (Å²) in [6.07, 6.45) is 3.54. The van der Waals surface area contributed by atoms with Gasteiger partial charge in [-0.2, -0.15) is 0 Å². The van der Waals surface area contributed by atoms with Gasteiger partial charge in [0.15, 0.2) is 0 Å². The summed E-state index contributed by atoms with van der Waals surface area (Å²) < 4.78 is 2.34. The first-order chi connectivity index (χ1) is 9.38. The van der Waals surface area contributed by atoms with Crippen molar-refractivity contribution in [2.45, 2.75) is 25.8 Å². The average molecular weight is 278 g/mol. The van der Waals surface area contributed by atoms with Crippen LogP contribution >= 0.6 is 11.6 Å². The molecule has 0 saturated carbocycles. The number of benzene rings is 1. The summed E-state index contributed by atoms with van der Waals surface area (Å²) >= 11 is 5.90. The van der Waals surface area contributed by atoms with E-state index in [4.69, 9.17) is 16.6 Å². The number of para-hydroxylation sites is 2. The monoisotopic (exact) mass is 277 g/mol. The summed E-state index contributed by atoms with van der Waals surface area (Å²) in [6, 6.07) is 8.37. The van der Waals surface area contributed by atoms with Crippen molar-refractivity contribution >= 4 is 22.6 Å². The van der Waals surface area contributed by atoms with Crippen molar-refractivity contribution in [3.8, 4) is 0 Å². The number of aryl methyl sites for hydroxylation is 1. The van der Waals surface area contributed by atoms with Crippen molar-refractivity contribution in [3.63, 3.8) is 0 Å². The molecule has 102 valence electrons. The van der Waals surface area contributed by atoms with Crippen LogP contribution in [-0.2, 0) is 13.0 Å². The van der Waals surface area contributed by atoms with Gasteiger partial charge in [-0.3, -0.25) is 0 Å². The summed E-state index contributed by atoms with van der Waals surface area (Å²) in [6.45, 7) is 4.64. The van der Waals surface area contributed by atoms with E-state index in [0.29, 0.717) is 5.88 Å². The first kappa shape index (κ1) is 12.9. The minimum Gasteiger partial charge on any atom is -0.327 e. The normalized spacial score (nSPS) is 16.5. The van der Waals surface area contributed by atoms with E-state index in [-0.39, 0.29) is 0 Å². The molecule has 4 heteroatoms. The van der Waals surface area contributed by atoms with Gasteiger partial charge in [0.2, 0.25) is 0 Å². The van der Waals surface area contributed by atoms with Crippen LogP contribution in [0.3, 0.4) is 0 Å². The van der Waals surface area contributed by atoms with Crippen molar-refractivity contribution in [1.29, 1.82) is 0 Å². The topological polar surface area (TPSA) is 21.1 Å². The van der Waals surface area contributed by atoms with Gasteiger partial charge in [-0.25, -0.2) is 4.98 Å². The molecule has 2 heterocycles. The van der Waals surface area contributed by atoms with Gasteiger partial charge < -0.3 is 9.47 Å². The fourth-order valence-electron chi connectivity index (χ4n) is 2.90. The van der Waals surface area contributed by atoms with Crippen molar-refractivity contribution in [3.05, 3.63) is 30.1 Å². The Morgan fingerprint density at radius 3 is 2.68 bits per heavy atom. The Morgan fingerprint density at radius 1 is 1.11 bits per heavy atom. The van der Waals surface area contributed by atoms with Crippen LogP contribution in [0.15, 0.2) is 24.3 Å². The molecule has 3 nitrogen and oxygen atoms in total. The molecule has 1 aliphatic heterocycles. The molecule has 1 fully saturated rings. The number of hydrogen-bond acceptors (Lipinski definition) is 2. The highest BCUT2D eigenvalue weighted by Gasteiger charge is 2.14. The molecule has 3 rings (SSSR count). The van der Waals surface area contributed by atoms with Crippen LogP contribution in [0.1, 0.15) is 18.7 Å². The molecular formula is C15H20ClN3. The molecule has 0 radical (unpaired) electrons. The molecule has 19 heavy (non-hydrogen) atoms. The predicted octanol–water partition coefficient (Wildman–Crippen LogP) is 2.91. The molecule has 1 aromatic heterocycles. The van der Waals surface area contributed by atoms with Gasteiger partial charge in [0.05, 0.1) is 11.0 Å². The number of halogens is 1. The van der Waals surface area contributed by atoms with E-state index < -0.39 is 0 Å². The van der Waals surface area contributed by atoms with E-state index in [9.17, 15) is 0 Å². The highest BCUT2D eigenvalue weighted by atomic mass is 35.5. The van der Waals surface area contributed by atoms with Crippen LogP contribution in [0.25, 0.3) is 11.0 Å². The number of fused-ring (bicyclic) bond motifs is 1. The van der Waals surface area contributed by atoms with Gasteiger partial charge in [-0.1, -0.05) is 12.1 Å². The molecule has 0 bridgehead atoms. The Hall–Kier alpha value is -1.06. The van der Waals surface area contributed by atoms with Gasteiger partial charge in [0.1, 0.15) is 5.82 Å². The summed E-state index contributed by atoms with van der Waals surface area (Å²) in [5, 5.41) is 0. The summed E-state index contributed by atoms with van der Waals surface area (Å²) in [4.78, 5) is 7.25. The largest absolute Gasteiger partial charge is 0.327 e. The third-order valence-electron chi connectivity index (χ3n) is 3.89.